The van der Waals surface area contributed by atoms with Gasteiger partial charge in [-0.25, -0.2) is 20.4 Å². The normalized spacial score (nSPS) is 5.09. The minimum absolute atomic E-state index is 0. The van der Waals surface area contributed by atoms with Gasteiger partial charge in [0.2, 0.25) is 12.2 Å². The fourth-order valence-corrected chi connectivity index (χ4v) is 0.770. The van der Waals surface area contributed by atoms with Crippen molar-refractivity contribution in [3.05, 3.63) is 72.8 Å². The van der Waals surface area contributed by atoms with E-state index in [1.54, 1.807) is 0 Å². The summed E-state index contributed by atoms with van der Waals surface area (Å²) in [6.07, 6.45) is 1.50. The first kappa shape index (κ1) is 37.0. The van der Waals surface area contributed by atoms with Crippen LogP contribution in [-0.4, -0.2) is 12.2 Å². The number of carbonyl (C=O) groups excluding carboxylic acids is 2. The van der Waals surface area contributed by atoms with Gasteiger partial charge in [-0.2, -0.15) is 0 Å². The summed E-state index contributed by atoms with van der Waals surface area (Å²) in [5.74, 6) is 0. The Labute approximate surface area is 155 Å². The van der Waals surface area contributed by atoms with Crippen LogP contribution in [0.2, 0.25) is 0 Å². The predicted molar refractivity (Wildman–Crippen MR) is 98.7 cm³/mol. The standard InChI is InChI=1S/2C6H6.2CHNO.4ClH/c2*1-2-4-6-5-3-1;2*2-1-3;;;;/h2*1-6H;2*2H;4*1H. The van der Waals surface area contributed by atoms with Crippen LogP contribution in [0.25, 0.3) is 0 Å². The maximum absolute atomic E-state index is 8.35. The molecule has 0 saturated heterocycles. The molecule has 2 rings (SSSR count). The van der Waals surface area contributed by atoms with Gasteiger partial charge < -0.3 is 0 Å². The largest absolute Gasteiger partial charge is 0.231 e. The summed E-state index contributed by atoms with van der Waals surface area (Å²) < 4.78 is 0. The number of nitrogens with one attached hydrogen (secondary N) is 2. The van der Waals surface area contributed by atoms with Gasteiger partial charge in [-0.1, -0.05) is 72.8 Å². The number of isocyanates is 2. The van der Waals surface area contributed by atoms with E-state index < -0.39 is 0 Å². The highest BCUT2D eigenvalue weighted by molar-refractivity contribution is 5.86. The van der Waals surface area contributed by atoms with E-state index in [2.05, 4.69) is 0 Å². The molecule has 0 radical (unpaired) electrons. The minimum Gasteiger partial charge on any atom is -0.222 e. The van der Waals surface area contributed by atoms with Crippen molar-refractivity contribution in [3.8, 4) is 0 Å². The molecule has 0 unspecified atom stereocenters. The number of rotatable bonds is 0. The maximum atomic E-state index is 8.35. The van der Waals surface area contributed by atoms with Crippen LogP contribution < -0.4 is 0 Å². The zero-order valence-electron chi connectivity index (χ0n) is 11.4. The number of hydrogen-bond acceptors (Lipinski definition) is 4. The van der Waals surface area contributed by atoms with Gasteiger partial charge in [0.25, 0.3) is 0 Å². The zero-order chi connectivity index (χ0) is 13.9. The highest BCUT2D eigenvalue weighted by atomic mass is 35.5. The summed E-state index contributed by atoms with van der Waals surface area (Å²) >= 11 is 0. The van der Waals surface area contributed by atoms with E-state index in [9.17, 15) is 0 Å². The van der Waals surface area contributed by atoms with E-state index in [4.69, 9.17) is 20.4 Å². The quantitative estimate of drug-likeness (QED) is 0.499. The molecule has 0 aliphatic rings. The summed E-state index contributed by atoms with van der Waals surface area (Å²) in [7, 11) is 0. The maximum Gasteiger partial charge on any atom is 0.231 e. The Morgan fingerprint density at radius 3 is 0.500 bits per heavy atom. The molecule has 8 heteroatoms. The monoisotopic (exact) mass is 386 g/mol. The summed E-state index contributed by atoms with van der Waals surface area (Å²) in [4.78, 5) is 16.7. The van der Waals surface area contributed by atoms with Gasteiger partial charge in [-0.15, -0.1) is 49.6 Å². The topological polar surface area (TPSA) is 81.8 Å². The minimum atomic E-state index is 0. The van der Waals surface area contributed by atoms with Crippen LogP contribution in [0.4, 0.5) is 0 Å². The molecule has 4 nitrogen and oxygen atoms in total. The average molecular weight is 388 g/mol. The zero-order valence-corrected chi connectivity index (χ0v) is 14.6. The second-order valence-electron chi connectivity index (χ2n) is 2.51. The molecule has 0 saturated carbocycles. The van der Waals surface area contributed by atoms with E-state index in [1.807, 2.05) is 72.8 Å². The molecule has 0 bridgehead atoms. The van der Waals surface area contributed by atoms with Gasteiger partial charge in [0.05, 0.1) is 0 Å². The molecule has 2 N–H and O–H groups in total. The average Bonchev–Trinajstić information content (AvgIpc) is 2.45. The van der Waals surface area contributed by atoms with Crippen molar-refractivity contribution in [1.29, 1.82) is 10.8 Å². The third kappa shape index (κ3) is 51.6. The smallest absolute Gasteiger partial charge is 0.222 e. The third-order valence-electron chi connectivity index (χ3n) is 1.33. The Balaban J connectivity index is -0.0000000384. The van der Waals surface area contributed by atoms with Crippen LogP contribution >= 0.6 is 49.6 Å². The molecule has 0 fully saturated rings. The van der Waals surface area contributed by atoms with Gasteiger partial charge in [0.15, 0.2) is 0 Å². The van der Waals surface area contributed by atoms with Crippen molar-refractivity contribution < 1.29 is 9.59 Å². The molecule has 2 aromatic carbocycles. The van der Waals surface area contributed by atoms with Gasteiger partial charge in [0, 0.05) is 0 Å². The van der Waals surface area contributed by atoms with Crippen LogP contribution in [0.3, 0.4) is 0 Å². The van der Waals surface area contributed by atoms with Gasteiger partial charge in [-0.3, -0.25) is 0 Å². The molecule has 2 aromatic rings. The van der Waals surface area contributed by atoms with E-state index in [1.165, 1.54) is 0 Å². The molecule has 0 atom stereocenters. The van der Waals surface area contributed by atoms with Crippen molar-refractivity contribution in [1.82, 2.24) is 0 Å². The van der Waals surface area contributed by atoms with E-state index in [0.717, 1.165) is 12.2 Å². The first-order valence-electron chi connectivity index (χ1n) is 4.91. The Bertz CT molecular complexity index is 336. The second kappa shape index (κ2) is 42.7. The third-order valence-corrected chi connectivity index (χ3v) is 1.33. The summed E-state index contributed by atoms with van der Waals surface area (Å²) in [6.45, 7) is 0. The van der Waals surface area contributed by atoms with Crippen LogP contribution in [0, 0.1) is 10.8 Å². The summed E-state index contributed by atoms with van der Waals surface area (Å²) in [6, 6.07) is 24.0. The lowest BCUT2D eigenvalue weighted by molar-refractivity contribution is 0.562. The molecule has 0 aromatic heterocycles. The first-order chi connectivity index (χ1) is 8.83. The van der Waals surface area contributed by atoms with E-state index in [-0.39, 0.29) is 49.6 Å². The van der Waals surface area contributed by atoms with Crippen LogP contribution in [0.1, 0.15) is 0 Å². The van der Waals surface area contributed by atoms with Gasteiger partial charge in [0.1, 0.15) is 0 Å². The Morgan fingerprint density at radius 1 is 0.409 bits per heavy atom. The fourth-order valence-electron chi connectivity index (χ4n) is 0.770. The van der Waals surface area contributed by atoms with Crippen molar-refractivity contribution in [2.45, 2.75) is 0 Å². The lowest BCUT2D eigenvalue weighted by Crippen LogP contribution is -1.47. The lowest BCUT2D eigenvalue weighted by atomic mass is 10.4. The van der Waals surface area contributed by atoms with Crippen molar-refractivity contribution >= 4 is 61.8 Å². The number of halogens is 4. The SMILES string of the molecule is Cl.Cl.Cl.Cl.N=C=O.N=C=O.c1ccccc1.c1ccccc1. The molecule has 0 aliphatic heterocycles. The van der Waals surface area contributed by atoms with E-state index in [0.29, 0.717) is 0 Å². The Morgan fingerprint density at radius 2 is 0.455 bits per heavy atom. The predicted octanol–water partition coefficient (Wildman–Crippen LogP) is 4.86. The Hall–Kier alpha value is -1.64. The number of hydrogen-bond donors (Lipinski definition) is 2. The van der Waals surface area contributed by atoms with Crippen molar-refractivity contribution in [2.24, 2.45) is 0 Å². The molecular weight excluding hydrogens is 370 g/mol. The van der Waals surface area contributed by atoms with Crippen LogP contribution in [0.5, 0.6) is 0 Å². The molecule has 0 heterocycles. The van der Waals surface area contributed by atoms with E-state index >= 15 is 0 Å². The number of benzene rings is 2. The first-order valence-corrected chi connectivity index (χ1v) is 4.91. The van der Waals surface area contributed by atoms with Crippen LogP contribution in [-0.2, 0) is 9.59 Å². The highest BCUT2D eigenvalue weighted by Crippen LogP contribution is 1.80. The van der Waals surface area contributed by atoms with Gasteiger partial charge in [-0.05, 0) is 0 Å². The molecule has 22 heavy (non-hydrogen) atoms. The second-order valence-corrected chi connectivity index (χ2v) is 2.51. The summed E-state index contributed by atoms with van der Waals surface area (Å²) in [5.41, 5.74) is 0. The fraction of sp³-hybridized carbons (Fsp3) is 0. The molecule has 124 valence electrons. The Kier molecular flexibility index (Phi) is 71.9. The van der Waals surface area contributed by atoms with Crippen LogP contribution in [0.15, 0.2) is 72.8 Å². The van der Waals surface area contributed by atoms with Crippen molar-refractivity contribution in [2.75, 3.05) is 0 Å². The molecule has 0 spiro atoms. The lowest BCUT2D eigenvalue weighted by Gasteiger charge is -1.69. The molecule has 0 aliphatic carbocycles. The van der Waals surface area contributed by atoms with Crippen molar-refractivity contribution in [3.63, 3.8) is 0 Å². The summed E-state index contributed by atoms with van der Waals surface area (Å²) in [5, 5.41) is 10.8. The molecule has 0 amide bonds. The molecular formula is C14H18Cl4N2O2. The van der Waals surface area contributed by atoms with Gasteiger partial charge >= 0.3 is 0 Å². The highest BCUT2D eigenvalue weighted by Gasteiger charge is 1.58.